The fourth-order valence-electron chi connectivity index (χ4n) is 4.30. The van der Waals surface area contributed by atoms with Gasteiger partial charge in [-0.1, -0.05) is 38.1 Å². The summed E-state index contributed by atoms with van der Waals surface area (Å²) in [5, 5.41) is 6.35. The summed E-state index contributed by atoms with van der Waals surface area (Å²) in [6, 6.07) is 7.39. The number of para-hydroxylation sites is 1. The van der Waals surface area contributed by atoms with Crippen molar-refractivity contribution < 1.29 is 9.59 Å². The lowest BCUT2D eigenvalue weighted by atomic mass is 9.88. The molecule has 1 aliphatic heterocycles. The average Bonchev–Trinajstić information content (AvgIpc) is 2.76. The van der Waals surface area contributed by atoms with Crippen LogP contribution in [0.4, 0.5) is 5.69 Å². The third kappa shape index (κ3) is 4.81. The van der Waals surface area contributed by atoms with Crippen molar-refractivity contribution >= 4 is 17.5 Å². The molecule has 29 heavy (non-hydrogen) atoms. The Balaban J connectivity index is 1.79. The van der Waals surface area contributed by atoms with Gasteiger partial charge in [0, 0.05) is 24.8 Å². The fraction of sp³-hybridized carbons (Fsp3) is 0.565. The lowest BCUT2D eigenvalue weighted by Crippen LogP contribution is -2.60. The second-order valence-electron chi connectivity index (χ2n) is 7.89. The van der Waals surface area contributed by atoms with E-state index in [1.54, 1.807) is 4.90 Å². The summed E-state index contributed by atoms with van der Waals surface area (Å²) in [6.45, 7) is 9.57. The van der Waals surface area contributed by atoms with Gasteiger partial charge in [-0.15, -0.1) is 0 Å². The van der Waals surface area contributed by atoms with Gasteiger partial charge in [-0.3, -0.25) is 9.59 Å². The third-order valence-corrected chi connectivity index (χ3v) is 6.18. The average molecular weight is 399 g/mol. The van der Waals surface area contributed by atoms with E-state index in [0.717, 1.165) is 44.6 Å². The standard InChI is InChI=1S/C23H34N4O2/c1-4-26(5-2)16-15-24-22(28)21-25-20-14-10-9-13-19(20)23(29)27(21)17(3)18-11-7-6-8-12-18/h7,9-11,13-14,17-18,21,25H,4-6,8,12,15-16H2,1-3H3,(H,24,28). The molecule has 2 N–H and O–H groups in total. The van der Waals surface area contributed by atoms with E-state index in [-0.39, 0.29) is 23.8 Å². The lowest BCUT2D eigenvalue weighted by Gasteiger charge is -2.43. The van der Waals surface area contributed by atoms with Gasteiger partial charge in [-0.05, 0) is 57.3 Å². The SMILES string of the molecule is CCN(CC)CCNC(=O)C1Nc2ccccc2C(=O)N1C(C)C1C=CCCC1. The Morgan fingerprint density at radius 3 is 2.76 bits per heavy atom. The van der Waals surface area contributed by atoms with E-state index in [1.165, 1.54) is 0 Å². The van der Waals surface area contributed by atoms with Gasteiger partial charge in [0.15, 0.2) is 6.17 Å². The summed E-state index contributed by atoms with van der Waals surface area (Å²) in [5.41, 5.74) is 1.36. The molecule has 0 radical (unpaired) electrons. The fourth-order valence-corrected chi connectivity index (χ4v) is 4.30. The second-order valence-corrected chi connectivity index (χ2v) is 7.89. The van der Waals surface area contributed by atoms with Crippen molar-refractivity contribution in [2.75, 3.05) is 31.5 Å². The molecule has 0 saturated heterocycles. The number of amides is 2. The number of hydrogen-bond acceptors (Lipinski definition) is 4. The highest BCUT2D eigenvalue weighted by molar-refractivity contribution is 6.05. The van der Waals surface area contributed by atoms with Crippen LogP contribution in [0.25, 0.3) is 0 Å². The van der Waals surface area contributed by atoms with E-state index in [2.05, 4.69) is 48.5 Å². The van der Waals surface area contributed by atoms with Gasteiger partial charge in [-0.25, -0.2) is 0 Å². The molecule has 2 aliphatic rings. The third-order valence-electron chi connectivity index (χ3n) is 6.18. The lowest BCUT2D eigenvalue weighted by molar-refractivity contribution is -0.125. The number of nitrogens with one attached hydrogen (secondary N) is 2. The summed E-state index contributed by atoms with van der Waals surface area (Å²) in [4.78, 5) is 30.5. The Morgan fingerprint density at radius 2 is 2.07 bits per heavy atom. The van der Waals surface area contributed by atoms with Crippen LogP contribution in [0.15, 0.2) is 36.4 Å². The highest BCUT2D eigenvalue weighted by atomic mass is 16.2. The van der Waals surface area contributed by atoms with Crippen molar-refractivity contribution in [3.8, 4) is 0 Å². The van der Waals surface area contributed by atoms with Gasteiger partial charge in [0.05, 0.1) is 5.56 Å². The maximum atomic E-state index is 13.4. The molecule has 6 heteroatoms. The molecule has 0 aromatic heterocycles. The number of anilines is 1. The molecule has 1 aromatic rings. The molecule has 0 spiro atoms. The quantitative estimate of drug-likeness (QED) is 0.661. The van der Waals surface area contributed by atoms with Crippen LogP contribution >= 0.6 is 0 Å². The maximum absolute atomic E-state index is 13.4. The van der Waals surface area contributed by atoms with Crippen LogP contribution in [0.5, 0.6) is 0 Å². The number of hydrogen-bond donors (Lipinski definition) is 2. The summed E-state index contributed by atoms with van der Waals surface area (Å²) in [5.74, 6) is 0.0482. The van der Waals surface area contributed by atoms with Crippen LogP contribution in [0.3, 0.4) is 0 Å². The van der Waals surface area contributed by atoms with E-state index >= 15 is 0 Å². The summed E-state index contributed by atoms with van der Waals surface area (Å²) in [7, 11) is 0. The number of benzene rings is 1. The molecule has 6 nitrogen and oxygen atoms in total. The highest BCUT2D eigenvalue weighted by Crippen LogP contribution is 2.31. The number of fused-ring (bicyclic) bond motifs is 1. The maximum Gasteiger partial charge on any atom is 0.263 e. The van der Waals surface area contributed by atoms with Crippen molar-refractivity contribution in [3.63, 3.8) is 0 Å². The van der Waals surface area contributed by atoms with Crippen molar-refractivity contribution in [2.24, 2.45) is 5.92 Å². The Hall–Kier alpha value is -2.34. The van der Waals surface area contributed by atoms with Gasteiger partial charge in [0.1, 0.15) is 0 Å². The molecule has 3 unspecified atom stereocenters. The number of nitrogens with zero attached hydrogens (tertiary/aromatic N) is 2. The number of allylic oxidation sites excluding steroid dienone is 1. The zero-order chi connectivity index (χ0) is 20.8. The van der Waals surface area contributed by atoms with Gasteiger partial charge in [0.2, 0.25) is 0 Å². The topological polar surface area (TPSA) is 64.7 Å². The van der Waals surface area contributed by atoms with E-state index in [1.807, 2.05) is 24.3 Å². The molecule has 0 fully saturated rings. The van der Waals surface area contributed by atoms with Crippen molar-refractivity contribution in [2.45, 2.75) is 52.2 Å². The largest absolute Gasteiger partial charge is 0.357 e. The van der Waals surface area contributed by atoms with Crippen molar-refractivity contribution in [1.29, 1.82) is 0 Å². The van der Waals surface area contributed by atoms with Crippen LogP contribution in [-0.4, -0.2) is 60.0 Å². The first-order valence-electron chi connectivity index (χ1n) is 10.9. The van der Waals surface area contributed by atoms with Crippen molar-refractivity contribution in [1.82, 2.24) is 15.1 Å². The van der Waals surface area contributed by atoms with Crippen LogP contribution in [0.1, 0.15) is 50.4 Å². The predicted molar refractivity (Wildman–Crippen MR) is 117 cm³/mol. The van der Waals surface area contributed by atoms with Crippen molar-refractivity contribution in [3.05, 3.63) is 42.0 Å². The smallest absolute Gasteiger partial charge is 0.263 e. The normalized spacial score (nSPS) is 22.2. The Bertz CT molecular complexity index is 744. The van der Waals surface area contributed by atoms with Crippen LogP contribution in [-0.2, 0) is 4.79 Å². The van der Waals surface area contributed by atoms with E-state index in [4.69, 9.17) is 0 Å². The number of likely N-dealkylation sites (N-methyl/N-ethyl adjacent to an activating group) is 1. The molecule has 2 amide bonds. The zero-order valence-electron chi connectivity index (χ0n) is 17.9. The minimum atomic E-state index is -0.695. The van der Waals surface area contributed by atoms with Gasteiger partial charge in [0.25, 0.3) is 11.8 Å². The molecule has 1 aliphatic carbocycles. The molecule has 1 heterocycles. The molecule has 1 aromatic carbocycles. The Morgan fingerprint density at radius 1 is 1.31 bits per heavy atom. The van der Waals surface area contributed by atoms with Gasteiger partial charge in [-0.2, -0.15) is 0 Å². The van der Waals surface area contributed by atoms with Crippen LogP contribution < -0.4 is 10.6 Å². The number of carbonyl (C=O) groups is 2. The summed E-state index contributed by atoms with van der Waals surface area (Å²) >= 11 is 0. The monoisotopic (exact) mass is 398 g/mol. The predicted octanol–water partition coefficient (Wildman–Crippen LogP) is 3.08. The molecule has 0 bridgehead atoms. The molecular weight excluding hydrogens is 364 g/mol. The van der Waals surface area contributed by atoms with E-state index < -0.39 is 6.17 Å². The summed E-state index contributed by atoms with van der Waals surface area (Å²) in [6.07, 6.45) is 6.96. The molecular formula is C23H34N4O2. The van der Waals surface area contributed by atoms with Gasteiger partial charge < -0.3 is 20.4 Å². The molecule has 158 valence electrons. The minimum absolute atomic E-state index is 0.0570. The summed E-state index contributed by atoms with van der Waals surface area (Å²) < 4.78 is 0. The van der Waals surface area contributed by atoms with Gasteiger partial charge >= 0.3 is 0 Å². The van der Waals surface area contributed by atoms with E-state index in [0.29, 0.717) is 12.1 Å². The van der Waals surface area contributed by atoms with Crippen LogP contribution in [0, 0.1) is 5.92 Å². The molecule has 3 rings (SSSR count). The molecule has 3 atom stereocenters. The Labute approximate surface area is 174 Å². The molecule has 0 saturated carbocycles. The first-order valence-corrected chi connectivity index (χ1v) is 10.9. The second kappa shape index (κ2) is 9.92. The zero-order valence-corrected chi connectivity index (χ0v) is 17.9. The number of rotatable bonds is 8. The Kier molecular flexibility index (Phi) is 7.31. The minimum Gasteiger partial charge on any atom is -0.357 e. The first-order chi connectivity index (χ1) is 14.1. The first kappa shape index (κ1) is 21.4. The van der Waals surface area contributed by atoms with E-state index in [9.17, 15) is 9.59 Å². The van der Waals surface area contributed by atoms with Crippen LogP contribution in [0.2, 0.25) is 0 Å². The highest BCUT2D eigenvalue weighted by Gasteiger charge is 2.40. The number of carbonyl (C=O) groups excluding carboxylic acids is 2.